The molecule has 3 heterocycles. The van der Waals surface area contributed by atoms with Gasteiger partial charge >= 0.3 is 0 Å². The number of nitrogens with one attached hydrogen (secondary N) is 1. The average molecular weight is 358 g/mol. The lowest BCUT2D eigenvalue weighted by Gasteiger charge is -2.47. The van der Waals surface area contributed by atoms with Crippen LogP contribution in [0.2, 0.25) is 0 Å². The molecule has 0 bridgehead atoms. The first-order valence-corrected chi connectivity index (χ1v) is 9.29. The van der Waals surface area contributed by atoms with Gasteiger partial charge in [0, 0.05) is 32.0 Å². The maximum absolute atomic E-state index is 12.8. The van der Waals surface area contributed by atoms with Gasteiger partial charge in [-0.2, -0.15) is 0 Å². The molecule has 2 fully saturated rings. The highest BCUT2D eigenvalue weighted by molar-refractivity contribution is 6.04. The first-order chi connectivity index (χ1) is 12.5. The zero-order chi connectivity index (χ0) is 18.7. The van der Waals surface area contributed by atoms with Crippen LogP contribution in [0, 0.1) is 0 Å². The van der Waals surface area contributed by atoms with E-state index in [0.29, 0.717) is 6.54 Å². The predicted molar refractivity (Wildman–Crippen MR) is 104 cm³/mol. The topological polar surface area (TPSA) is 77.2 Å². The van der Waals surface area contributed by atoms with Crippen LogP contribution in [0.5, 0.6) is 0 Å². The summed E-state index contributed by atoms with van der Waals surface area (Å²) in [5, 5.41) is 3.10. The summed E-state index contributed by atoms with van der Waals surface area (Å²) in [6, 6.07) is 0. The van der Waals surface area contributed by atoms with Gasteiger partial charge in [0.05, 0.1) is 17.7 Å². The molecular weight excluding hydrogens is 328 g/mol. The second-order valence-corrected chi connectivity index (χ2v) is 7.57. The van der Waals surface area contributed by atoms with E-state index in [9.17, 15) is 4.79 Å². The Morgan fingerprint density at radius 1 is 1.42 bits per heavy atom. The Kier molecular flexibility index (Phi) is 5.36. The minimum absolute atomic E-state index is 0.0952. The molecule has 3 aliphatic heterocycles. The van der Waals surface area contributed by atoms with E-state index in [4.69, 9.17) is 5.73 Å². The largest absolute Gasteiger partial charge is 0.385 e. The van der Waals surface area contributed by atoms with Gasteiger partial charge in [0.25, 0.3) is 0 Å². The number of likely N-dealkylation sites (N-methyl/N-ethyl adjacent to an activating group) is 1. The van der Waals surface area contributed by atoms with Gasteiger partial charge in [-0.15, -0.1) is 0 Å². The van der Waals surface area contributed by atoms with E-state index in [2.05, 4.69) is 26.7 Å². The van der Waals surface area contributed by atoms with Crippen molar-refractivity contribution < 1.29 is 4.79 Å². The van der Waals surface area contributed by atoms with Crippen molar-refractivity contribution in [3.63, 3.8) is 0 Å². The number of carbonyl (C=O) groups excluding carboxylic acids is 1. The van der Waals surface area contributed by atoms with Crippen molar-refractivity contribution in [2.75, 3.05) is 40.3 Å². The Labute approximate surface area is 155 Å². The molecule has 142 valence electrons. The van der Waals surface area contributed by atoms with Crippen molar-refractivity contribution in [2.45, 2.75) is 31.2 Å². The maximum Gasteiger partial charge on any atom is 0.237 e. The number of nitrogens with two attached hydrogens (primary N) is 1. The summed E-state index contributed by atoms with van der Waals surface area (Å²) in [6.45, 7) is 6.66. The molecule has 0 aromatic heterocycles. The smallest absolute Gasteiger partial charge is 0.237 e. The van der Waals surface area contributed by atoms with Crippen LogP contribution < -0.4 is 11.1 Å². The van der Waals surface area contributed by atoms with E-state index >= 15 is 0 Å². The molecule has 0 saturated carbocycles. The Bertz CT molecular complexity index is 665. The number of amidine groups is 1. The minimum atomic E-state index is -0.0952. The summed E-state index contributed by atoms with van der Waals surface area (Å²) in [6.07, 6.45) is 9.49. The Hall–Kier alpha value is -2.28. The summed E-state index contributed by atoms with van der Waals surface area (Å²) in [4.78, 5) is 23.3. The first kappa shape index (κ1) is 18.5. The van der Waals surface area contributed by atoms with Gasteiger partial charge in [0.2, 0.25) is 5.91 Å². The molecule has 1 atom stereocenters. The van der Waals surface area contributed by atoms with Gasteiger partial charge in [0.1, 0.15) is 11.7 Å². The SMILES string of the molecule is C=C/N=C1/NC=C/C1=C(/N)N1CCCC2(CCCN2C(=O)CN(C)C)C1. The number of likely N-dealkylation sites (tertiary alicyclic amines) is 2. The quantitative estimate of drug-likeness (QED) is 0.779. The second kappa shape index (κ2) is 7.53. The van der Waals surface area contributed by atoms with E-state index < -0.39 is 0 Å². The van der Waals surface area contributed by atoms with E-state index in [1.165, 1.54) is 6.20 Å². The molecule has 1 spiro atoms. The summed E-state index contributed by atoms with van der Waals surface area (Å²) < 4.78 is 0. The van der Waals surface area contributed by atoms with Gasteiger partial charge < -0.3 is 25.8 Å². The van der Waals surface area contributed by atoms with E-state index in [0.717, 1.165) is 62.5 Å². The summed E-state index contributed by atoms with van der Waals surface area (Å²) in [7, 11) is 3.88. The highest BCUT2D eigenvalue weighted by Crippen LogP contribution is 2.38. The average Bonchev–Trinajstić information content (AvgIpc) is 3.21. The number of hydrogen-bond donors (Lipinski definition) is 2. The molecule has 1 amide bonds. The summed E-state index contributed by atoms with van der Waals surface area (Å²) in [5.74, 6) is 1.67. The van der Waals surface area contributed by atoms with Gasteiger partial charge in [0.15, 0.2) is 0 Å². The molecule has 2 saturated heterocycles. The zero-order valence-corrected chi connectivity index (χ0v) is 15.9. The monoisotopic (exact) mass is 358 g/mol. The molecule has 1 unspecified atom stereocenters. The van der Waals surface area contributed by atoms with E-state index in [1.807, 2.05) is 31.3 Å². The fourth-order valence-corrected chi connectivity index (χ4v) is 4.36. The van der Waals surface area contributed by atoms with Crippen molar-refractivity contribution in [2.24, 2.45) is 10.7 Å². The van der Waals surface area contributed by atoms with Gasteiger partial charge in [-0.3, -0.25) is 4.79 Å². The lowest BCUT2D eigenvalue weighted by molar-refractivity contribution is -0.137. The fourth-order valence-electron chi connectivity index (χ4n) is 4.36. The fraction of sp³-hybridized carbons (Fsp3) is 0.579. The van der Waals surface area contributed by atoms with Crippen LogP contribution in [0.1, 0.15) is 25.7 Å². The normalized spacial score (nSPS) is 29.0. The molecule has 3 rings (SSSR count). The number of aliphatic imine (C=N–C) groups is 1. The zero-order valence-electron chi connectivity index (χ0n) is 15.9. The Morgan fingerprint density at radius 3 is 2.85 bits per heavy atom. The lowest BCUT2D eigenvalue weighted by atomic mass is 9.86. The summed E-state index contributed by atoms with van der Waals surface area (Å²) >= 11 is 0. The minimum Gasteiger partial charge on any atom is -0.385 e. The van der Waals surface area contributed by atoms with Gasteiger partial charge in [-0.1, -0.05) is 6.58 Å². The van der Waals surface area contributed by atoms with Gasteiger partial charge in [-0.25, -0.2) is 4.99 Å². The molecule has 3 aliphatic rings. The number of carbonyl (C=O) groups is 1. The van der Waals surface area contributed by atoms with E-state index in [-0.39, 0.29) is 11.4 Å². The third-order valence-corrected chi connectivity index (χ3v) is 5.47. The molecule has 7 nitrogen and oxygen atoms in total. The van der Waals surface area contributed by atoms with Crippen molar-refractivity contribution >= 4 is 11.7 Å². The molecule has 0 radical (unpaired) electrons. The van der Waals surface area contributed by atoms with Crippen LogP contribution in [0.25, 0.3) is 0 Å². The third-order valence-electron chi connectivity index (χ3n) is 5.47. The highest BCUT2D eigenvalue weighted by atomic mass is 16.2. The van der Waals surface area contributed by atoms with Crippen LogP contribution in [0.4, 0.5) is 0 Å². The van der Waals surface area contributed by atoms with Crippen molar-refractivity contribution in [1.29, 1.82) is 0 Å². The number of piperidine rings is 1. The third kappa shape index (κ3) is 3.49. The number of rotatable bonds is 4. The van der Waals surface area contributed by atoms with Crippen LogP contribution >= 0.6 is 0 Å². The summed E-state index contributed by atoms with van der Waals surface area (Å²) in [5.41, 5.74) is 7.31. The Balaban J connectivity index is 1.82. The maximum atomic E-state index is 12.8. The molecule has 26 heavy (non-hydrogen) atoms. The van der Waals surface area contributed by atoms with Crippen LogP contribution in [-0.2, 0) is 4.79 Å². The second-order valence-electron chi connectivity index (χ2n) is 7.57. The molecule has 0 aromatic rings. The molecule has 7 heteroatoms. The number of nitrogens with zero attached hydrogens (tertiary/aromatic N) is 4. The van der Waals surface area contributed by atoms with Crippen LogP contribution in [0.15, 0.2) is 41.4 Å². The molecule has 0 aliphatic carbocycles. The number of hydrogen-bond acceptors (Lipinski definition) is 5. The van der Waals surface area contributed by atoms with Crippen molar-refractivity contribution in [3.05, 3.63) is 36.4 Å². The Morgan fingerprint density at radius 2 is 2.15 bits per heavy atom. The molecule has 0 aromatic carbocycles. The van der Waals surface area contributed by atoms with Crippen molar-refractivity contribution in [3.8, 4) is 0 Å². The number of amides is 1. The van der Waals surface area contributed by atoms with Gasteiger partial charge in [-0.05, 0) is 45.9 Å². The van der Waals surface area contributed by atoms with Crippen molar-refractivity contribution in [1.82, 2.24) is 20.0 Å². The molecule has 3 N–H and O–H groups in total. The van der Waals surface area contributed by atoms with E-state index in [1.54, 1.807) is 0 Å². The first-order valence-electron chi connectivity index (χ1n) is 9.29. The van der Waals surface area contributed by atoms with Crippen LogP contribution in [0.3, 0.4) is 0 Å². The lowest BCUT2D eigenvalue weighted by Crippen LogP contribution is -2.58. The highest BCUT2D eigenvalue weighted by Gasteiger charge is 2.46. The molecular formula is C19H30N6O. The standard InChI is InChI=1S/C19H30N6O/c1-4-21-18-15(7-10-22-18)17(20)24-11-5-8-19(14-24)9-6-12-25(19)16(26)13-23(2)3/h4,7,10H,1,5-6,8-9,11-14,20H2,2-3H3,(H,21,22)/b17-15+. The van der Waals surface area contributed by atoms with Crippen LogP contribution in [-0.4, -0.2) is 72.3 Å². The predicted octanol–water partition coefficient (Wildman–Crippen LogP) is 0.834.